The van der Waals surface area contributed by atoms with Crippen molar-refractivity contribution in [1.82, 2.24) is 5.43 Å². The van der Waals surface area contributed by atoms with E-state index in [1.165, 1.54) is 17.6 Å². The van der Waals surface area contributed by atoms with Gasteiger partial charge in [0.2, 0.25) is 0 Å². The lowest BCUT2D eigenvalue weighted by molar-refractivity contribution is 0.0958. The second-order valence-corrected chi connectivity index (χ2v) is 5.77. The summed E-state index contributed by atoms with van der Waals surface area (Å²) >= 11 is 1.37. The van der Waals surface area contributed by atoms with Crippen LogP contribution in [0, 0.1) is 6.92 Å². The Morgan fingerprint density at radius 3 is 2.82 bits per heavy atom. The monoisotopic (exact) mass is 310 g/mol. The fourth-order valence-corrected chi connectivity index (χ4v) is 3.01. The predicted molar refractivity (Wildman–Crippen MR) is 89.7 cm³/mol. The van der Waals surface area contributed by atoms with Gasteiger partial charge in [0.1, 0.15) is 5.75 Å². The van der Waals surface area contributed by atoms with Gasteiger partial charge in [-0.2, -0.15) is 5.10 Å². The first kappa shape index (κ1) is 14.3. The normalized spacial score (nSPS) is 11.1. The summed E-state index contributed by atoms with van der Waals surface area (Å²) in [5.41, 5.74) is 3.96. The Bertz CT molecular complexity index is 868. The molecule has 0 unspecified atom stereocenters. The van der Waals surface area contributed by atoms with Crippen molar-refractivity contribution < 1.29 is 9.90 Å². The zero-order valence-corrected chi connectivity index (χ0v) is 12.7. The van der Waals surface area contributed by atoms with Crippen LogP contribution < -0.4 is 5.43 Å². The van der Waals surface area contributed by atoms with Crippen LogP contribution in [-0.4, -0.2) is 17.2 Å². The standard InChI is InChI=1S/C17H14N2O2S/c1-11-8-9-22-16(11)17(21)19-18-10-13-7-6-12-4-2-3-5-14(12)15(13)20/h2-10,20H,1H3,(H,19,21). The molecule has 0 bridgehead atoms. The summed E-state index contributed by atoms with van der Waals surface area (Å²) in [7, 11) is 0. The lowest BCUT2D eigenvalue weighted by atomic mass is 10.1. The number of carbonyl (C=O) groups is 1. The van der Waals surface area contributed by atoms with Crippen molar-refractivity contribution in [1.29, 1.82) is 0 Å². The number of phenolic OH excluding ortho intramolecular Hbond substituents is 1. The van der Waals surface area contributed by atoms with Crippen molar-refractivity contribution in [2.24, 2.45) is 5.10 Å². The van der Waals surface area contributed by atoms with E-state index in [9.17, 15) is 9.90 Å². The molecule has 3 aromatic rings. The molecule has 0 radical (unpaired) electrons. The van der Waals surface area contributed by atoms with E-state index in [-0.39, 0.29) is 11.7 Å². The Balaban J connectivity index is 1.80. The number of hydrogen-bond acceptors (Lipinski definition) is 4. The van der Waals surface area contributed by atoms with Crippen LogP contribution in [0.3, 0.4) is 0 Å². The molecule has 3 rings (SSSR count). The van der Waals surface area contributed by atoms with E-state index in [0.29, 0.717) is 10.4 Å². The summed E-state index contributed by atoms with van der Waals surface area (Å²) < 4.78 is 0. The number of aromatic hydroxyl groups is 1. The summed E-state index contributed by atoms with van der Waals surface area (Å²) in [6.45, 7) is 1.88. The van der Waals surface area contributed by atoms with Gasteiger partial charge in [-0.1, -0.05) is 30.3 Å². The van der Waals surface area contributed by atoms with Gasteiger partial charge in [-0.05, 0) is 35.4 Å². The lowest BCUT2D eigenvalue weighted by Gasteiger charge is -2.04. The minimum absolute atomic E-state index is 0.156. The molecule has 0 atom stereocenters. The van der Waals surface area contributed by atoms with Crippen molar-refractivity contribution in [3.8, 4) is 5.75 Å². The Kier molecular flexibility index (Phi) is 3.89. The van der Waals surface area contributed by atoms with Crippen LogP contribution >= 0.6 is 11.3 Å². The minimum Gasteiger partial charge on any atom is -0.507 e. The van der Waals surface area contributed by atoms with Gasteiger partial charge < -0.3 is 5.11 Å². The molecule has 1 aromatic heterocycles. The fraction of sp³-hybridized carbons (Fsp3) is 0.0588. The number of carbonyl (C=O) groups excluding carboxylic acids is 1. The molecule has 1 amide bonds. The predicted octanol–water partition coefficient (Wildman–Crippen LogP) is 3.68. The van der Waals surface area contributed by atoms with Crippen molar-refractivity contribution in [2.75, 3.05) is 0 Å². The van der Waals surface area contributed by atoms with E-state index in [2.05, 4.69) is 10.5 Å². The first-order chi connectivity index (χ1) is 10.7. The molecule has 22 heavy (non-hydrogen) atoms. The van der Waals surface area contributed by atoms with Crippen molar-refractivity contribution in [3.05, 3.63) is 63.8 Å². The van der Waals surface area contributed by atoms with Crippen LogP contribution in [0.2, 0.25) is 0 Å². The number of hydrogen-bond donors (Lipinski definition) is 2. The van der Waals surface area contributed by atoms with Crippen LogP contribution in [0.15, 0.2) is 52.9 Å². The molecule has 4 nitrogen and oxygen atoms in total. The molecule has 5 heteroatoms. The highest BCUT2D eigenvalue weighted by Crippen LogP contribution is 2.27. The summed E-state index contributed by atoms with van der Waals surface area (Å²) in [4.78, 5) is 12.6. The Morgan fingerprint density at radius 1 is 1.23 bits per heavy atom. The van der Waals surface area contributed by atoms with Gasteiger partial charge in [-0.25, -0.2) is 5.43 Å². The van der Waals surface area contributed by atoms with Crippen LogP contribution in [0.5, 0.6) is 5.75 Å². The first-order valence-electron chi connectivity index (χ1n) is 6.75. The lowest BCUT2D eigenvalue weighted by Crippen LogP contribution is -2.17. The van der Waals surface area contributed by atoms with E-state index in [1.54, 1.807) is 6.07 Å². The molecule has 2 N–H and O–H groups in total. The third-order valence-electron chi connectivity index (χ3n) is 3.37. The number of nitrogens with one attached hydrogen (secondary N) is 1. The highest BCUT2D eigenvalue weighted by Gasteiger charge is 2.09. The molecule has 0 aliphatic heterocycles. The maximum atomic E-state index is 11.9. The topological polar surface area (TPSA) is 61.7 Å². The first-order valence-corrected chi connectivity index (χ1v) is 7.63. The zero-order chi connectivity index (χ0) is 15.5. The minimum atomic E-state index is -0.246. The van der Waals surface area contributed by atoms with E-state index in [0.717, 1.165) is 16.3 Å². The molecular weight excluding hydrogens is 296 g/mol. The third-order valence-corrected chi connectivity index (χ3v) is 4.39. The number of fused-ring (bicyclic) bond motifs is 1. The second-order valence-electron chi connectivity index (χ2n) is 4.86. The van der Waals surface area contributed by atoms with Crippen LogP contribution in [-0.2, 0) is 0 Å². The fourth-order valence-electron chi connectivity index (χ4n) is 2.19. The molecule has 0 fully saturated rings. The SMILES string of the molecule is Cc1ccsc1C(=O)NN=Cc1ccc2ccccc2c1O. The zero-order valence-electron chi connectivity index (χ0n) is 11.9. The molecular formula is C17H14N2O2S. The van der Waals surface area contributed by atoms with Gasteiger partial charge in [0.25, 0.3) is 5.91 Å². The number of rotatable bonds is 3. The molecule has 0 aliphatic rings. The number of phenols is 1. The second kappa shape index (κ2) is 5.99. The van der Waals surface area contributed by atoms with Gasteiger partial charge in [0.15, 0.2) is 0 Å². The maximum absolute atomic E-state index is 11.9. The van der Waals surface area contributed by atoms with Crippen LogP contribution in [0.25, 0.3) is 10.8 Å². The smallest absolute Gasteiger partial charge is 0.281 e. The summed E-state index contributed by atoms with van der Waals surface area (Å²) in [5.74, 6) is -0.0903. The highest BCUT2D eigenvalue weighted by atomic mass is 32.1. The molecule has 0 aliphatic carbocycles. The number of aryl methyl sites for hydroxylation is 1. The third kappa shape index (κ3) is 2.71. The van der Waals surface area contributed by atoms with Gasteiger partial charge in [0.05, 0.1) is 11.1 Å². The molecule has 0 saturated carbocycles. The maximum Gasteiger partial charge on any atom is 0.281 e. The molecule has 1 heterocycles. The number of nitrogens with zero attached hydrogens (tertiary/aromatic N) is 1. The van der Waals surface area contributed by atoms with E-state index < -0.39 is 0 Å². The van der Waals surface area contributed by atoms with Crippen LogP contribution in [0.1, 0.15) is 20.8 Å². The number of amides is 1. The Labute approximate surface area is 131 Å². The van der Waals surface area contributed by atoms with Crippen molar-refractivity contribution in [2.45, 2.75) is 6.92 Å². The number of benzene rings is 2. The van der Waals surface area contributed by atoms with Crippen molar-refractivity contribution in [3.63, 3.8) is 0 Å². The molecule has 0 saturated heterocycles. The quantitative estimate of drug-likeness (QED) is 0.572. The number of thiophene rings is 1. The van der Waals surface area contributed by atoms with Gasteiger partial charge in [0, 0.05) is 10.9 Å². The largest absolute Gasteiger partial charge is 0.507 e. The average molecular weight is 310 g/mol. The van der Waals surface area contributed by atoms with E-state index in [1.807, 2.05) is 48.7 Å². The number of hydrazone groups is 1. The Morgan fingerprint density at radius 2 is 2.05 bits per heavy atom. The van der Waals surface area contributed by atoms with Gasteiger partial charge in [-0.3, -0.25) is 4.79 Å². The Hall–Kier alpha value is -2.66. The van der Waals surface area contributed by atoms with Crippen molar-refractivity contribution >= 4 is 34.2 Å². The summed E-state index contributed by atoms with van der Waals surface area (Å²) in [6.07, 6.45) is 1.45. The molecule has 110 valence electrons. The van der Waals surface area contributed by atoms with Crippen LogP contribution in [0.4, 0.5) is 0 Å². The molecule has 0 spiro atoms. The highest BCUT2D eigenvalue weighted by molar-refractivity contribution is 7.12. The van der Waals surface area contributed by atoms with E-state index >= 15 is 0 Å². The van der Waals surface area contributed by atoms with E-state index in [4.69, 9.17) is 0 Å². The summed E-state index contributed by atoms with van der Waals surface area (Å²) in [6, 6.07) is 13.1. The van der Waals surface area contributed by atoms with Gasteiger partial charge >= 0.3 is 0 Å². The molecule has 2 aromatic carbocycles. The summed E-state index contributed by atoms with van der Waals surface area (Å²) in [5, 5.41) is 17.7. The average Bonchev–Trinajstić information content (AvgIpc) is 2.96. The van der Waals surface area contributed by atoms with Gasteiger partial charge in [-0.15, -0.1) is 11.3 Å².